The van der Waals surface area contributed by atoms with Gasteiger partial charge in [0.1, 0.15) is 17.2 Å². The molecule has 1 aliphatic heterocycles. The molecule has 44 heavy (non-hydrogen) atoms. The summed E-state index contributed by atoms with van der Waals surface area (Å²) in [6, 6.07) is 9.16. The topological polar surface area (TPSA) is 148 Å². The van der Waals surface area contributed by atoms with Gasteiger partial charge in [-0.1, -0.05) is 6.07 Å². The first-order valence-electron chi connectivity index (χ1n) is 13.4. The fourth-order valence-corrected chi connectivity index (χ4v) is 5.23. The number of aromatic nitrogens is 2. The molecule has 0 saturated heterocycles. The smallest absolute Gasteiger partial charge is 0.341 e. The maximum atomic E-state index is 15.6. The van der Waals surface area contributed by atoms with Crippen LogP contribution in [-0.4, -0.2) is 65.8 Å². The molecule has 1 aliphatic rings. The summed E-state index contributed by atoms with van der Waals surface area (Å²) in [4.78, 5) is 54.8. The van der Waals surface area contributed by atoms with E-state index in [0.717, 1.165) is 45.8 Å². The maximum absolute atomic E-state index is 15.6. The van der Waals surface area contributed by atoms with Gasteiger partial charge in [-0.3, -0.25) is 19.0 Å². The fourth-order valence-electron chi connectivity index (χ4n) is 5.23. The van der Waals surface area contributed by atoms with Crippen molar-refractivity contribution in [2.45, 2.75) is 18.9 Å². The third kappa shape index (κ3) is 5.78. The molecule has 14 heteroatoms. The van der Waals surface area contributed by atoms with Gasteiger partial charge >= 0.3 is 5.97 Å². The Balaban J connectivity index is 1.50. The first-order chi connectivity index (χ1) is 21.0. The number of carboxylic acid groups (broad SMARTS) is 1. The van der Waals surface area contributed by atoms with E-state index in [1.807, 2.05) is 18.2 Å². The average molecular weight is 610 g/mol. The summed E-state index contributed by atoms with van der Waals surface area (Å²) in [7, 11) is 1.71. The Morgan fingerprint density at radius 2 is 1.82 bits per heavy atom. The van der Waals surface area contributed by atoms with Gasteiger partial charge in [-0.2, -0.15) is 0 Å². The van der Waals surface area contributed by atoms with Crippen molar-refractivity contribution in [1.82, 2.24) is 9.55 Å². The molecule has 228 valence electrons. The number of anilines is 2. The molecular weight excluding hydrogens is 583 g/mol. The molecule has 1 atom stereocenters. The van der Waals surface area contributed by atoms with E-state index in [0.29, 0.717) is 32.0 Å². The lowest BCUT2D eigenvalue weighted by Crippen LogP contribution is -2.40. The molecule has 5 rings (SSSR count). The lowest BCUT2D eigenvalue weighted by molar-refractivity contribution is -0.142. The van der Waals surface area contributed by atoms with Crippen molar-refractivity contribution < 1.29 is 37.4 Å². The van der Waals surface area contributed by atoms with E-state index in [-0.39, 0.29) is 35.6 Å². The number of nitrogens with two attached hydrogens (primary N) is 1. The van der Waals surface area contributed by atoms with E-state index >= 15 is 4.39 Å². The number of hydrogen-bond donors (Lipinski definition) is 2. The van der Waals surface area contributed by atoms with Crippen LogP contribution in [0.4, 0.5) is 24.7 Å². The van der Waals surface area contributed by atoms with Gasteiger partial charge in [0.25, 0.3) is 12.4 Å². The first kappa shape index (κ1) is 30.1. The second-order valence-corrected chi connectivity index (χ2v) is 10.3. The van der Waals surface area contributed by atoms with Crippen LogP contribution in [0.3, 0.4) is 0 Å². The summed E-state index contributed by atoms with van der Waals surface area (Å²) >= 11 is 0. The van der Waals surface area contributed by atoms with Crippen LogP contribution in [0.5, 0.6) is 0 Å². The normalized spacial score (nSPS) is 13.6. The van der Waals surface area contributed by atoms with Gasteiger partial charge in [-0.25, -0.2) is 22.9 Å². The highest BCUT2D eigenvalue weighted by Gasteiger charge is 2.25. The van der Waals surface area contributed by atoms with E-state index < -0.39 is 46.4 Å². The van der Waals surface area contributed by atoms with Crippen molar-refractivity contribution in [3.63, 3.8) is 0 Å². The van der Waals surface area contributed by atoms with Gasteiger partial charge < -0.3 is 25.4 Å². The predicted octanol–water partition coefficient (Wildman–Crippen LogP) is 2.57. The SMILES string of the molecule is CN(CC(OC=O)C(N)=O)c1ccc2c(c1)CCN(c1nc3c(cc1F)c(=O)c(C(=O)O)cn3-c1ccc(F)cc1F)CC2. The van der Waals surface area contributed by atoms with Gasteiger partial charge in [-0.15, -0.1) is 0 Å². The number of amides is 1. The van der Waals surface area contributed by atoms with Crippen molar-refractivity contribution in [2.24, 2.45) is 5.73 Å². The number of nitrogens with zero attached hydrogens (tertiary/aromatic N) is 4. The molecule has 0 radical (unpaired) electrons. The number of rotatable bonds is 9. The number of pyridine rings is 2. The van der Waals surface area contributed by atoms with Crippen molar-refractivity contribution in [2.75, 3.05) is 36.5 Å². The second kappa shape index (κ2) is 12.1. The summed E-state index contributed by atoms with van der Waals surface area (Å²) in [5.74, 6) is -5.29. The zero-order valence-corrected chi connectivity index (χ0v) is 23.3. The Hall–Kier alpha value is -5.40. The Bertz CT molecular complexity index is 1860. The quantitative estimate of drug-likeness (QED) is 0.273. The van der Waals surface area contributed by atoms with Crippen molar-refractivity contribution in [3.8, 4) is 5.69 Å². The fraction of sp³-hybridized carbons (Fsp3) is 0.233. The highest BCUT2D eigenvalue weighted by molar-refractivity contribution is 5.92. The van der Waals surface area contributed by atoms with Crippen LogP contribution in [0.2, 0.25) is 0 Å². The molecule has 1 amide bonds. The molecule has 0 fully saturated rings. The Kier molecular flexibility index (Phi) is 8.25. The van der Waals surface area contributed by atoms with E-state index in [4.69, 9.17) is 10.5 Å². The molecule has 2 aromatic heterocycles. The standard InChI is InChI=1S/C30H26F3N5O6/c1-36(14-25(27(34)41)44-15-39)19-4-2-16-6-8-37(9-7-17(16)10-19)29-23(33)12-20-26(40)21(30(42)43)13-38(28(20)35-29)24-5-3-18(31)11-22(24)32/h2-5,10-13,15,25H,6-9,14H2,1H3,(H2,34,41)(H,42,43). The maximum Gasteiger partial charge on any atom is 0.341 e. The second-order valence-electron chi connectivity index (χ2n) is 10.3. The van der Waals surface area contributed by atoms with Crippen LogP contribution in [0.1, 0.15) is 21.5 Å². The van der Waals surface area contributed by atoms with Crippen LogP contribution < -0.4 is 21.0 Å². The number of carbonyl (C=O) groups excluding carboxylic acids is 2. The van der Waals surface area contributed by atoms with Gasteiger partial charge in [0.05, 0.1) is 17.6 Å². The average Bonchev–Trinajstić information content (AvgIpc) is 3.19. The van der Waals surface area contributed by atoms with E-state index in [2.05, 4.69) is 4.98 Å². The number of hydrogen-bond acceptors (Lipinski definition) is 8. The Morgan fingerprint density at radius 3 is 2.48 bits per heavy atom. The molecule has 0 spiro atoms. The summed E-state index contributed by atoms with van der Waals surface area (Å²) in [5, 5.41) is 9.19. The lowest BCUT2D eigenvalue weighted by atomic mass is 10.0. The van der Waals surface area contributed by atoms with Gasteiger partial charge in [0, 0.05) is 38.1 Å². The number of halogens is 3. The lowest BCUT2D eigenvalue weighted by Gasteiger charge is -2.24. The van der Waals surface area contributed by atoms with Crippen LogP contribution in [0, 0.1) is 17.5 Å². The zero-order chi connectivity index (χ0) is 31.7. The highest BCUT2D eigenvalue weighted by Crippen LogP contribution is 2.28. The Morgan fingerprint density at radius 1 is 1.09 bits per heavy atom. The van der Waals surface area contributed by atoms with Crippen LogP contribution >= 0.6 is 0 Å². The molecule has 0 aliphatic carbocycles. The van der Waals surface area contributed by atoms with Gasteiger partial charge in [0.2, 0.25) is 5.43 Å². The number of carbonyl (C=O) groups is 3. The minimum atomic E-state index is -1.60. The number of carboxylic acids is 1. The molecule has 2 aromatic carbocycles. The summed E-state index contributed by atoms with van der Waals surface area (Å²) in [6.45, 7) is 0.827. The van der Waals surface area contributed by atoms with Crippen molar-refractivity contribution >= 4 is 40.9 Å². The molecule has 1 unspecified atom stereocenters. The molecule has 4 aromatic rings. The van der Waals surface area contributed by atoms with Crippen LogP contribution in [0.15, 0.2) is 53.5 Å². The third-order valence-electron chi connectivity index (χ3n) is 7.52. The molecule has 3 N–H and O–H groups in total. The summed E-state index contributed by atoms with van der Waals surface area (Å²) in [5.41, 5.74) is 5.76. The van der Waals surface area contributed by atoms with Gasteiger partial charge in [0.15, 0.2) is 23.4 Å². The molecular formula is C30H26F3N5O6. The van der Waals surface area contributed by atoms with E-state index in [9.17, 15) is 33.1 Å². The summed E-state index contributed by atoms with van der Waals surface area (Å²) in [6.07, 6.45) is 0.698. The van der Waals surface area contributed by atoms with Crippen molar-refractivity contribution in [3.05, 3.63) is 93.0 Å². The van der Waals surface area contributed by atoms with E-state index in [1.165, 1.54) is 0 Å². The molecule has 3 heterocycles. The van der Waals surface area contributed by atoms with Gasteiger partial charge in [-0.05, 0) is 54.3 Å². The molecule has 11 nitrogen and oxygen atoms in total. The van der Waals surface area contributed by atoms with Crippen LogP contribution in [0.25, 0.3) is 16.7 Å². The third-order valence-corrected chi connectivity index (χ3v) is 7.52. The summed E-state index contributed by atoms with van der Waals surface area (Å²) < 4.78 is 49.8. The minimum absolute atomic E-state index is 0.0329. The van der Waals surface area contributed by atoms with Crippen molar-refractivity contribution in [1.29, 1.82) is 0 Å². The number of likely N-dealkylation sites (N-methyl/N-ethyl adjacent to an activating group) is 1. The number of benzene rings is 2. The number of ether oxygens (including phenoxy) is 1. The first-order valence-corrected chi connectivity index (χ1v) is 13.4. The predicted molar refractivity (Wildman–Crippen MR) is 154 cm³/mol. The molecule has 0 bridgehead atoms. The Labute approximate surface area is 247 Å². The zero-order valence-electron chi connectivity index (χ0n) is 23.3. The number of aromatic carboxylic acids is 1. The minimum Gasteiger partial charge on any atom is -0.477 e. The molecule has 0 saturated carbocycles. The largest absolute Gasteiger partial charge is 0.477 e. The number of fused-ring (bicyclic) bond motifs is 2. The van der Waals surface area contributed by atoms with E-state index in [1.54, 1.807) is 16.8 Å². The highest BCUT2D eigenvalue weighted by atomic mass is 19.1. The number of primary amides is 1. The monoisotopic (exact) mass is 609 g/mol. The van der Waals surface area contributed by atoms with Crippen LogP contribution in [-0.2, 0) is 27.2 Å².